The van der Waals surface area contributed by atoms with E-state index >= 15 is 0 Å². The lowest BCUT2D eigenvalue weighted by Gasteiger charge is -2.33. The first-order valence-corrected chi connectivity index (χ1v) is 7.17. The van der Waals surface area contributed by atoms with Gasteiger partial charge in [-0.3, -0.25) is 0 Å². The first kappa shape index (κ1) is 14.4. The average Bonchev–Trinajstić information content (AvgIpc) is 2.48. The summed E-state index contributed by atoms with van der Waals surface area (Å²) >= 11 is 0. The van der Waals surface area contributed by atoms with Crippen LogP contribution in [0.3, 0.4) is 0 Å². The Morgan fingerprint density at radius 1 is 0.750 bits per heavy atom. The van der Waals surface area contributed by atoms with Crippen LogP contribution in [-0.2, 0) is 11.8 Å². The largest absolute Gasteiger partial charge is 0.508 e. The Bertz CT molecular complexity index is 537. The number of aromatic hydroxyl groups is 2. The summed E-state index contributed by atoms with van der Waals surface area (Å²) in [6.07, 6.45) is 3.01. The molecule has 2 nitrogen and oxygen atoms in total. The topological polar surface area (TPSA) is 40.5 Å². The van der Waals surface area contributed by atoms with Crippen LogP contribution in [0, 0.1) is 0 Å². The van der Waals surface area contributed by atoms with Crippen LogP contribution in [0.2, 0.25) is 0 Å². The monoisotopic (exact) mass is 270 g/mol. The van der Waals surface area contributed by atoms with Crippen molar-refractivity contribution in [1.82, 2.24) is 0 Å². The zero-order valence-corrected chi connectivity index (χ0v) is 12.1. The van der Waals surface area contributed by atoms with Crippen LogP contribution in [-0.4, -0.2) is 10.2 Å². The molecule has 0 aliphatic heterocycles. The van der Waals surface area contributed by atoms with Gasteiger partial charge in [0, 0.05) is 0 Å². The smallest absolute Gasteiger partial charge is 0.115 e. The zero-order chi connectivity index (χ0) is 14.6. The van der Waals surface area contributed by atoms with E-state index in [1.54, 1.807) is 24.3 Å². The number of phenols is 2. The Hall–Kier alpha value is -1.96. The lowest BCUT2D eigenvalue weighted by Crippen LogP contribution is -2.27. The molecule has 0 aliphatic rings. The summed E-state index contributed by atoms with van der Waals surface area (Å²) in [5.74, 6) is 0.608. The molecule has 2 aromatic carbocycles. The van der Waals surface area contributed by atoms with Crippen LogP contribution in [0.4, 0.5) is 0 Å². The normalized spacial score (nSPS) is 11.5. The molecule has 0 atom stereocenters. The van der Waals surface area contributed by atoms with E-state index in [0.717, 1.165) is 19.3 Å². The third kappa shape index (κ3) is 2.96. The van der Waals surface area contributed by atoms with Gasteiger partial charge in [0.2, 0.25) is 0 Å². The molecular weight excluding hydrogens is 248 g/mol. The molecule has 2 aromatic rings. The Morgan fingerprint density at radius 2 is 1.20 bits per heavy atom. The van der Waals surface area contributed by atoms with Crippen LogP contribution < -0.4 is 0 Å². The summed E-state index contributed by atoms with van der Waals surface area (Å²) in [4.78, 5) is 0. The van der Waals surface area contributed by atoms with Crippen molar-refractivity contribution in [3.8, 4) is 11.5 Å². The summed E-state index contributed by atoms with van der Waals surface area (Å²) in [5.41, 5.74) is 2.55. The zero-order valence-electron chi connectivity index (χ0n) is 12.1. The van der Waals surface area contributed by atoms with Gasteiger partial charge in [-0.2, -0.15) is 0 Å². The minimum Gasteiger partial charge on any atom is -0.508 e. The molecular formula is C18H22O2. The maximum absolute atomic E-state index is 9.46. The molecule has 106 valence electrons. The van der Waals surface area contributed by atoms with E-state index in [0.29, 0.717) is 11.5 Å². The third-order valence-corrected chi connectivity index (χ3v) is 4.31. The third-order valence-electron chi connectivity index (χ3n) is 4.31. The summed E-state index contributed by atoms with van der Waals surface area (Å²) < 4.78 is 0. The van der Waals surface area contributed by atoms with E-state index < -0.39 is 0 Å². The summed E-state index contributed by atoms with van der Waals surface area (Å²) in [6, 6.07) is 15.0. The highest BCUT2D eigenvalue weighted by molar-refractivity contribution is 5.35. The lowest BCUT2D eigenvalue weighted by molar-refractivity contribution is 0.391. The van der Waals surface area contributed by atoms with Crippen molar-refractivity contribution in [1.29, 1.82) is 0 Å². The molecule has 0 heterocycles. The fourth-order valence-electron chi connectivity index (χ4n) is 2.83. The molecule has 2 rings (SSSR count). The van der Waals surface area contributed by atoms with E-state index in [-0.39, 0.29) is 5.41 Å². The maximum Gasteiger partial charge on any atom is 0.115 e. The van der Waals surface area contributed by atoms with Crippen molar-refractivity contribution in [3.05, 3.63) is 59.7 Å². The van der Waals surface area contributed by atoms with Gasteiger partial charge in [-0.25, -0.2) is 0 Å². The van der Waals surface area contributed by atoms with Crippen LogP contribution in [0.15, 0.2) is 48.5 Å². The van der Waals surface area contributed by atoms with E-state index in [2.05, 4.69) is 13.8 Å². The van der Waals surface area contributed by atoms with E-state index in [4.69, 9.17) is 0 Å². The molecule has 0 bridgehead atoms. The highest BCUT2D eigenvalue weighted by atomic mass is 16.3. The van der Waals surface area contributed by atoms with Crippen LogP contribution in [0.5, 0.6) is 11.5 Å². The van der Waals surface area contributed by atoms with Crippen molar-refractivity contribution in [3.63, 3.8) is 0 Å². The van der Waals surface area contributed by atoms with Crippen LogP contribution >= 0.6 is 0 Å². The highest BCUT2D eigenvalue weighted by Gasteiger charge is 2.28. The first-order valence-electron chi connectivity index (χ1n) is 7.17. The molecule has 0 radical (unpaired) electrons. The van der Waals surface area contributed by atoms with Gasteiger partial charge in [0.05, 0.1) is 0 Å². The Kier molecular flexibility index (Phi) is 4.33. The summed E-state index contributed by atoms with van der Waals surface area (Å²) in [6.45, 7) is 4.41. The highest BCUT2D eigenvalue weighted by Crippen LogP contribution is 2.36. The van der Waals surface area contributed by atoms with Gasteiger partial charge in [0.15, 0.2) is 0 Å². The van der Waals surface area contributed by atoms with Crippen LogP contribution in [0.25, 0.3) is 0 Å². The van der Waals surface area contributed by atoms with Gasteiger partial charge in [-0.15, -0.1) is 0 Å². The van der Waals surface area contributed by atoms with Gasteiger partial charge in [-0.05, 0) is 60.1 Å². The van der Waals surface area contributed by atoms with E-state index in [9.17, 15) is 10.2 Å². The number of rotatable bonds is 5. The molecule has 0 unspecified atom stereocenters. The molecule has 0 saturated heterocycles. The molecule has 2 N–H and O–H groups in total. The van der Waals surface area contributed by atoms with Gasteiger partial charge in [0.25, 0.3) is 0 Å². The van der Waals surface area contributed by atoms with Gasteiger partial charge >= 0.3 is 0 Å². The predicted molar refractivity (Wildman–Crippen MR) is 82.2 cm³/mol. The quantitative estimate of drug-likeness (QED) is 0.845. The van der Waals surface area contributed by atoms with Gasteiger partial charge in [-0.1, -0.05) is 38.1 Å². The van der Waals surface area contributed by atoms with Crippen molar-refractivity contribution in [2.75, 3.05) is 0 Å². The standard InChI is InChI=1S/C18H22O2/c1-3-18(4-2,15-7-11-17(20)12-8-15)13-14-5-9-16(19)10-6-14/h5-12,19-20H,3-4,13H2,1-2H3. The molecule has 0 amide bonds. The Balaban J connectivity index is 2.33. The Labute approximate surface area is 120 Å². The van der Waals surface area contributed by atoms with Crippen molar-refractivity contribution in [2.45, 2.75) is 38.5 Å². The SMILES string of the molecule is CCC(CC)(Cc1ccc(O)cc1)c1ccc(O)cc1. The molecule has 0 saturated carbocycles. The molecule has 2 heteroatoms. The first-order chi connectivity index (χ1) is 9.59. The fraction of sp³-hybridized carbons (Fsp3) is 0.333. The Morgan fingerprint density at radius 3 is 1.65 bits per heavy atom. The number of phenolic OH excluding ortho intramolecular Hbond substituents is 2. The second kappa shape index (κ2) is 6.00. The molecule has 0 spiro atoms. The number of benzene rings is 2. The van der Waals surface area contributed by atoms with Crippen LogP contribution in [0.1, 0.15) is 37.8 Å². The lowest BCUT2D eigenvalue weighted by atomic mass is 9.71. The fourth-order valence-corrected chi connectivity index (χ4v) is 2.83. The number of hydrogen-bond acceptors (Lipinski definition) is 2. The van der Waals surface area contributed by atoms with E-state index in [1.807, 2.05) is 24.3 Å². The average molecular weight is 270 g/mol. The summed E-state index contributed by atoms with van der Waals surface area (Å²) in [5, 5.41) is 18.8. The number of hydrogen-bond donors (Lipinski definition) is 2. The van der Waals surface area contributed by atoms with Gasteiger partial charge in [0.1, 0.15) is 11.5 Å². The second-order valence-corrected chi connectivity index (χ2v) is 5.38. The maximum atomic E-state index is 9.46. The van der Waals surface area contributed by atoms with Crippen molar-refractivity contribution < 1.29 is 10.2 Å². The molecule has 0 fully saturated rings. The minimum atomic E-state index is 0.0741. The van der Waals surface area contributed by atoms with Crippen molar-refractivity contribution in [2.24, 2.45) is 0 Å². The van der Waals surface area contributed by atoms with Crippen molar-refractivity contribution >= 4 is 0 Å². The second-order valence-electron chi connectivity index (χ2n) is 5.38. The van der Waals surface area contributed by atoms with Gasteiger partial charge < -0.3 is 10.2 Å². The summed E-state index contributed by atoms with van der Waals surface area (Å²) in [7, 11) is 0. The minimum absolute atomic E-state index is 0.0741. The molecule has 0 aliphatic carbocycles. The molecule has 20 heavy (non-hydrogen) atoms. The van der Waals surface area contributed by atoms with E-state index in [1.165, 1.54) is 11.1 Å². The predicted octanol–water partition coefficient (Wildman–Crippen LogP) is 4.40. The molecule has 0 aromatic heterocycles.